The molecular weight excluding hydrogens is 286 g/mol. The quantitative estimate of drug-likeness (QED) is 0.799. The number of hydrogen-bond acceptors (Lipinski definition) is 2. The molecule has 1 rings (SSSR count). The molecule has 0 saturated carbocycles. The van der Waals surface area contributed by atoms with E-state index in [4.69, 9.17) is 9.47 Å². The maximum absolute atomic E-state index is 12.5. The lowest BCUT2D eigenvalue weighted by Crippen LogP contribution is -1.94. The van der Waals surface area contributed by atoms with Gasteiger partial charge in [-0.2, -0.15) is 0 Å². The summed E-state index contributed by atoms with van der Waals surface area (Å²) in [5.41, 5.74) is 0.594. The Morgan fingerprint density at radius 3 is 2.46 bits per heavy atom. The Balaban J connectivity index is 3.20. The minimum atomic E-state index is -0.508. The molecule has 0 aliphatic carbocycles. The van der Waals surface area contributed by atoms with Crippen molar-refractivity contribution in [2.24, 2.45) is 0 Å². The van der Waals surface area contributed by atoms with Gasteiger partial charge in [-0.1, -0.05) is 0 Å². The van der Waals surface area contributed by atoms with Gasteiger partial charge >= 0.3 is 0 Å². The van der Waals surface area contributed by atoms with Crippen LogP contribution in [0.1, 0.15) is 5.56 Å². The van der Waals surface area contributed by atoms with Gasteiger partial charge in [-0.25, -0.2) is 4.39 Å². The molecule has 0 saturated heterocycles. The van der Waals surface area contributed by atoms with Gasteiger partial charge in [0.15, 0.2) is 0 Å². The Hall–Kier alpha value is -0.520. The van der Waals surface area contributed by atoms with Crippen molar-refractivity contribution in [3.05, 3.63) is 21.3 Å². The highest BCUT2D eigenvalue weighted by Gasteiger charge is 2.08. The monoisotopic (exact) mass is 296 g/mol. The average molecular weight is 296 g/mol. The molecule has 72 valence electrons. The van der Waals surface area contributed by atoms with Gasteiger partial charge in [-0.15, -0.1) is 0 Å². The highest BCUT2D eigenvalue weighted by atomic mass is 127. The molecule has 0 N–H and O–H groups in total. The first-order valence-electron chi connectivity index (χ1n) is 3.69. The van der Waals surface area contributed by atoms with Crippen molar-refractivity contribution < 1.29 is 13.9 Å². The van der Waals surface area contributed by atoms with E-state index in [-0.39, 0.29) is 0 Å². The fourth-order valence-electron chi connectivity index (χ4n) is 0.991. The Morgan fingerprint density at radius 2 is 2.00 bits per heavy atom. The first-order chi connectivity index (χ1) is 6.22. The van der Waals surface area contributed by atoms with Crippen LogP contribution >= 0.6 is 22.6 Å². The fraction of sp³-hybridized carbons (Fsp3) is 0.333. The van der Waals surface area contributed by atoms with Gasteiger partial charge in [-0.3, -0.25) is 0 Å². The zero-order valence-electron chi connectivity index (χ0n) is 7.43. The molecule has 0 aliphatic heterocycles. The Labute approximate surface area is 90.2 Å². The third-order valence-corrected chi connectivity index (χ3v) is 2.91. The lowest BCUT2D eigenvalue weighted by molar-refractivity contribution is 0.388. The van der Waals surface area contributed by atoms with Crippen LogP contribution in [0.15, 0.2) is 12.1 Å². The summed E-state index contributed by atoms with van der Waals surface area (Å²) in [5, 5.41) is 0. The van der Waals surface area contributed by atoms with Gasteiger partial charge in [0.1, 0.15) is 18.2 Å². The molecule has 0 atom stereocenters. The van der Waals surface area contributed by atoms with E-state index in [9.17, 15) is 4.39 Å². The lowest BCUT2D eigenvalue weighted by atomic mass is 10.2. The summed E-state index contributed by atoms with van der Waals surface area (Å²) in [6, 6.07) is 3.41. The smallest absolute Gasteiger partial charge is 0.136 e. The maximum Gasteiger partial charge on any atom is 0.136 e. The van der Waals surface area contributed by atoms with E-state index in [1.54, 1.807) is 26.4 Å². The molecule has 0 spiro atoms. The largest absolute Gasteiger partial charge is 0.497 e. The van der Waals surface area contributed by atoms with Gasteiger partial charge in [0.05, 0.1) is 17.8 Å². The standard InChI is InChI=1S/C9H10FIO2/c1-12-7-3-6(5-10)9(11)8(4-7)13-2/h3-4H,5H2,1-2H3. The summed E-state index contributed by atoms with van der Waals surface area (Å²) in [4.78, 5) is 0. The van der Waals surface area contributed by atoms with Crippen LogP contribution in [0.2, 0.25) is 0 Å². The number of hydrogen-bond donors (Lipinski definition) is 0. The molecule has 2 nitrogen and oxygen atoms in total. The van der Waals surface area contributed by atoms with Gasteiger partial charge in [0.2, 0.25) is 0 Å². The van der Waals surface area contributed by atoms with Gasteiger partial charge in [0.25, 0.3) is 0 Å². The van der Waals surface area contributed by atoms with Crippen LogP contribution in [0.4, 0.5) is 4.39 Å². The van der Waals surface area contributed by atoms with Crippen LogP contribution in [-0.2, 0) is 6.67 Å². The zero-order valence-corrected chi connectivity index (χ0v) is 9.59. The Kier molecular flexibility index (Phi) is 3.77. The van der Waals surface area contributed by atoms with E-state index in [1.165, 1.54) is 0 Å². The van der Waals surface area contributed by atoms with Gasteiger partial charge in [-0.05, 0) is 28.7 Å². The van der Waals surface area contributed by atoms with Crippen molar-refractivity contribution in [2.45, 2.75) is 6.67 Å². The normalized spacial score (nSPS) is 9.85. The topological polar surface area (TPSA) is 18.5 Å². The van der Waals surface area contributed by atoms with Crippen LogP contribution in [0, 0.1) is 3.57 Å². The average Bonchev–Trinajstić information content (AvgIpc) is 2.18. The molecule has 0 unspecified atom stereocenters. The summed E-state index contributed by atoms with van der Waals surface area (Å²) in [6.07, 6.45) is 0. The van der Waals surface area contributed by atoms with E-state index < -0.39 is 6.67 Å². The molecule has 1 aromatic rings. The zero-order chi connectivity index (χ0) is 9.84. The number of rotatable bonds is 3. The maximum atomic E-state index is 12.5. The number of ether oxygens (including phenoxy) is 2. The number of benzene rings is 1. The molecule has 0 aromatic heterocycles. The second-order valence-electron chi connectivity index (χ2n) is 2.44. The SMILES string of the molecule is COc1cc(CF)c(I)c(OC)c1. The molecule has 1 aromatic carbocycles. The summed E-state index contributed by atoms with van der Waals surface area (Å²) >= 11 is 2.05. The minimum Gasteiger partial charge on any atom is -0.497 e. The molecule has 0 bridgehead atoms. The summed E-state index contributed by atoms with van der Waals surface area (Å²) < 4.78 is 23.4. The van der Waals surface area contributed by atoms with Gasteiger partial charge in [0, 0.05) is 11.6 Å². The first kappa shape index (κ1) is 10.6. The summed E-state index contributed by atoms with van der Waals surface area (Å²) in [5.74, 6) is 1.26. The van der Waals surface area contributed by atoms with Crippen molar-refractivity contribution in [3.8, 4) is 11.5 Å². The van der Waals surface area contributed by atoms with Crippen LogP contribution < -0.4 is 9.47 Å². The van der Waals surface area contributed by atoms with Crippen molar-refractivity contribution in [3.63, 3.8) is 0 Å². The molecule has 13 heavy (non-hydrogen) atoms. The van der Waals surface area contributed by atoms with E-state index in [0.29, 0.717) is 17.1 Å². The highest BCUT2D eigenvalue weighted by molar-refractivity contribution is 14.1. The molecule has 4 heteroatoms. The highest BCUT2D eigenvalue weighted by Crippen LogP contribution is 2.30. The van der Waals surface area contributed by atoms with E-state index >= 15 is 0 Å². The second kappa shape index (κ2) is 4.64. The third kappa shape index (κ3) is 2.24. The number of halogens is 2. The molecule has 0 amide bonds. The molecule has 0 fully saturated rings. The van der Waals surface area contributed by atoms with E-state index in [2.05, 4.69) is 22.6 Å². The predicted molar refractivity (Wildman–Crippen MR) is 57.1 cm³/mol. The second-order valence-corrected chi connectivity index (χ2v) is 3.52. The van der Waals surface area contributed by atoms with E-state index in [1.807, 2.05) is 0 Å². The lowest BCUT2D eigenvalue weighted by Gasteiger charge is -2.09. The van der Waals surface area contributed by atoms with Crippen molar-refractivity contribution in [1.29, 1.82) is 0 Å². The van der Waals surface area contributed by atoms with Crippen molar-refractivity contribution in [2.75, 3.05) is 14.2 Å². The van der Waals surface area contributed by atoms with Crippen molar-refractivity contribution in [1.82, 2.24) is 0 Å². The van der Waals surface area contributed by atoms with Gasteiger partial charge < -0.3 is 9.47 Å². The Bertz CT molecular complexity index is 277. The molecule has 0 radical (unpaired) electrons. The minimum absolute atomic E-state index is 0.508. The van der Waals surface area contributed by atoms with E-state index in [0.717, 1.165) is 3.57 Å². The Morgan fingerprint density at radius 1 is 1.31 bits per heavy atom. The molecule has 0 heterocycles. The van der Waals surface area contributed by atoms with Crippen LogP contribution in [0.3, 0.4) is 0 Å². The van der Waals surface area contributed by atoms with Crippen LogP contribution in [-0.4, -0.2) is 14.2 Å². The van der Waals surface area contributed by atoms with Crippen LogP contribution in [0.25, 0.3) is 0 Å². The third-order valence-electron chi connectivity index (χ3n) is 1.69. The van der Waals surface area contributed by atoms with Crippen LogP contribution in [0.5, 0.6) is 11.5 Å². The first-order valence-corrected chi connectivity index (χ1v) is 4.77. The number of alkyl halides is 1. The summed E-state index contributed by atoms with van der Waals surface area (Å²) in [6.45, 7) is -0.508. The van der Waals surface area contributed by atoms with Crippen molar-refractivity contribution >= 4 is 22.6 Å². The molecule has 0 aliphatic rings. The molecular formula is C9H10FIO2. The summed E-state index contributed by atoms with van der Waals surface area (Å²) in [7, 11) is 3.10. The predicted octanol–water partition coefficient (Wildman–Crippen LogP) is 2.78. The fourth-order valence-corrected chi connectivity index (χ4v) is 1.67. The number of methoxy groups -OCH3 is 2.